The van der Waals surface area contributed by atoms with Gasteiger partial charge in [0, 0.05) is 13.1 Å². The monoisotopic (exact) mass is 301 g/mol. The molecule has 0 spiro atoms. The maximum absolute atomic E-state index is 12.2. The third-order valence-corrected chi connectivity index (χ3v) is 5.35. The van der Waals surface area contributed by atoms with Crippen molar-refractivity contribution in [1.29, 1.82) is 0 Å². The molecule has 1 aromatic rings. The normalized spacial score (nSPS) is 16.9. The van der Waals surface area contributed by atoms with Gasteiger partial charge >= 0.3 is 5.97 Å². The van der Waals surface area contributed by atoms with Gasteiger partial charge < -0.3 is 4.74 Å². The predicted molar refractivity (Wildman–Crippen MR) is 74.0 cm³/mol. The number of sulfonamides is 1. The molecular formula is C12H19N3O4S. The highest BCUT2D eigenvalue weighted by Gasteiger charge is 2.28. The first kappa shape index (κ1) is 14.8. The first-order valence-electron chi connectivity index (χ1n) is 6.58. The Morgan fingerprint density at radius 2 is 2.05 bits per heavy atom. The fourth-order valence-corrected chi connectivity index (χ4v) is 3.93. The summed E-state index contributed by atoms with van der Waals surface area (Å²) in [5.74, 6) is -0.401. The number of nitrogens with zero attached hydrogens (tertiary/aromatic N) is 2. The number of ether oxygens (including phenoxy) is 1. The summed E-state index contributed by atoms with van der Waals surface area (Å²) in [7, 11) is -0.625. The molecular weight excluding hydrogens is 282 g/mol. The molecule has 0 unspecified atom stereocenters. The molecule has 1 saturated carbocycles. The first-order valence-corrected chi connectivity index (χ1v) is 8.12. The number of aryl methyl sites for hydroxylation is 1. The Morgan fingerprint density at radius 3 is 2.65 bits per heavy atom. The van der Waals surface area contributed by atoms with E-state index in [1.165, 1.54) is 17.9 Å². The van der Waals surface area contributed by atoms with E-state index < -0.39 is 16.0 Å². The number of esters is 1. The van der Waals surface area contributed by atoms with Gasteiger partial charge in [-0.3, -0.25) is 9.40 Å². The van der Waals surface area contributed by atoms with Gasteiger partial charge in [0.25, 0.3) is 0 Å². The van der Waals surface area contributed by atoms with E-state index in [2.05, 4.69) is 14.6 Å². The Labute approximate surface area is 118 Å². The van der Waals surface area contributed by atoms with E-state index in [0.717, 1.165) is 19.3 Å². The van der Waals surface area contributed by atoms with Gasteiger partial charge in [0.1, 0.15) is 5.69 Å². The molecule has 112 valence electrons. The highest BCUT2D eigenvalue weighted by atomic mass is 32.2. The average molecular weight is 301 g/mol. The van der Waals surface area contributed by atoms with Crippen molar-refractivity contribution in [3.63, 3.8) is 0 Å². The lowest BCUT2D eigenvalue weighted by Gasteiger charge is -2.21. The summed E-state index contributed by atoms with van der Waals surface area (Å²) in [6.45, 7) is 0. The Balaban J connectivity index is 2.15. The number of carbonyl (C=O) groups is 1. The standard InChI is InChI=1S/C12H19N3O4S/c1-15-10(12(16)19-2)8-11(13-15)14-20(17,18)9-6-4-3-5-7-9/h8-9H,3-7H2,1-2H3,(H,13,14). The molecule has 0 radical (unpaired) electrons. The lowest BCUT2D eigenvalue weighted by Crippen LogP contribution is -2.29. The maximum atomic E-state index is 12.2. The number of hydrogen-bond donors (Lipinski definition) is 1. The minimum absolute atomic E-state index is 0.151. The molecule has 2 rings (SSSR count). The van der Waals surface area contributed by atoms with Crippen LogP contribution in [-0.2, 0) is 21.8 Å². The van der Waals surface area contributed by atoms with E-state index in [-0.39, 0.29) is 16.8 Å². The zero-order valence-electron chi connectivity index (χ0n) is 11.6. The van der Waals surface area contributed by atoms with Gasteiger partial charge in [-0.2, -0.15) is 5.10 Å². The molecule has 1 N–H and O–H groups in total. The number of nitrogens with one attached hydrogen (secondary N) is 1. The summed E-state index contributed by atoms with van der Waals surface area (Å²) in [5.41, 5.74) is 0.203. The molecule has 0 aliphatic heterocycles. The number of hydrogen-bond acceptors (Lipinski definition) is 5. The fraction of sp³-hybridized carbons (Fsp3) is 0.667. The average Bonchev–Trinajstić information content (AvgIpc) is 2.79. The minimum atomic E-state index is -3.45. The minimum Gasteiger partial charge on any atom is -0.464 e. The topological polar surface area (TPSA) is 90.3 Å². The number of methoxy groups -OCH3 is 1. The predicted octanol–water partition coefficient (Wildman–Crippen LogP) is 1.28. The third-order valence-electron chi connectivity index (χ3n) is 3.51. The number of anilines is 1. The quantitative estimate of drug-likeness (QED) is 0.846. The fourth-order valence-electron chi connectivity index (χ4n) is 2.42. The molecule has 0 atom stereocenters. The molecule has 0 amide bonds. The third kappa shape index (κ3) is 3.12. The molecule has 1 aromatic heterocycles. The van der Waals surface area contributed by atoms with E-state index in [1.54, 1.807) is 7.05 Å². The van der Waals surface area contributed by atoms with E-state index >= 15 is 0 Å². The lowest BCUT2D eigenvalue weighted by molar-refractivity contribution is 0.0588. The molecule has 1 aliphatic rings. The van der Waals surface area contributed by atoms with Gasteiger partial charge in [0.05, 0.1) is 12.4 Å². The molecule has 1 heterocycles. The van der Waals surface area contributed by atoms with E-state index in [1.807, 2.05) is 0 Å². The summed E-state index contributed by atoms with van der Waals surface area (Å²) in [6.07, 6.45) is 4.29. The summed E-state index contributed by atoms with van der Waals surface area (Å²) in [6, 6.07) is 1.38. The first-order chi connectivity index (χ1) is 9.44. The van der Waals surface area contributed by atoms with Crippen LogP contribution < -0.4 is 4.72 Å². The van der Waals surface area contributed by atoms with Crippen LogP contribution in [0.1, 0.15) is 42.6 Å². The van der Waals surface area contributed by atoms with Crippen molar-refractivity contribution in [2.24, 2.45) is 7.05 Å². The summed E-state index contributed by atoms with van der Waals surface area (Å²) < 4.78 is 32.8. The van der Waals surface area contributed by atoms with Crippen LogP contribution >= 0.6 is 0 Å². The number of rotatable bonds is 4. The van der Waals surface area contributed by atoms with Gasteiger partial charge in [-0.15, -0.1) is 0 Å². The van der Waals surface area contributed by atoms with Crippen molar-refractivity contribution in [3.05, 3.63) is 11.8 Å². The molecule has 1 fully saturated rings. The second-order valence-electron chi connectivity index (χ2n) is 4.94. The SMILES string of the molecule is COC(=O)c1cc(NS(=O)(=O)C2CCCCC2)nn1C. The molecule has 1 aliphatic carbocycles. The van der Waals surface area contributed by atoms with Crippen LogP contribution in [0.3, 0.4) is 0 Å². The Morgan fingerprint density at radius 1 is 1.40 bits per heavy atom. The van der Waals surface area contributed by atoms with Crippen LogP contribution in [0.25, 0.3) is 0 Å². The maximum Gasteiger partial charge on any atom is 0.356 e. The molecule has 0 saturated heterocycles. The Bertz CT molecular complexity index is 588. The summed E-state index contributed by atoms with van der Waals surface area (Å²) in [5, 5.41) is 3.61. The zero-order valence-corrected chi connectivity index (χ0v) is 12.4. The smallest absolute Gasteiger partial charge is 0.356 e. The van der Waals surface area contributed by atoms with E-state index in [4.69, 9.17) is 0 Å². The number of carbonyl (C=O) groups excluding carboxylic acids is 1. The molecule has 8 heteroatoms. The van der Waals surface area contributed by atoms with Crippen LogP contribution in [0, 0.1) is 0 Å². The zero-order chi connectivity index (χ0) is 14.8. The van der Waals surface area contributed by atoms with Gasteiger partial charge in [0.15, 0.2) is 5.82 Å². The van der Waals surface area contributed by atoms with Gasteiger partial charge in [-0.1, -0.05) is 19.3 Å². The van der Waals surface area contributed by atoms with Crippen LogP contribution in [-0.4, -0.2) is 36.5 Å². The van der Waals surface area contributed by atoms with Crippen molar-refractivity contribution in [2.75, 3.05) is 11.8 Å². The Kier molecular flexibility index (Phi) is 4.32. The van der Waals surface area contributed by atoms with Crippen LogP contribution in [0.4, 0.5) is 5.82 Å². The highest BCUT2D eigenvalue weighted by molar-refractivity contribution is 7.93. The number of aromatic nitrogens is 2. The second-order valence-corrected chi connectivity index (χ2v) is 6.90. The lowest BCUT2D eigenvalue weighted by atomic mass is 10.0. The van der Waals surface area contributed by atoms with Crippen LogP contribution in [0.15, 0.2) is 6.07 Å². The van der Waals surface area contributed by atoms with Crippen molar-refractivity contribution in [2.45, 2.75) is 37.4 Å². The summed E-state index contributed by atoms with van der Waals surface area (Å²) in [4.78, 5) is 11.5. The van der Waals surface area contributed by atoms with Gasteiger partial charge in [0.2, 0.25) is 10.0 Å². The van der Waals surface area contributed by atoms with Crippen molar-refractivity contribution in [3.8, 4) is 0 Å². The Hall–Kier alpha value is -1.57. The molecule has 0 bridgehead atoms. The van der Waals surface area contributed by atoms with E-state index in [9.17, 15) is 13.2 Å². The molecule has 0 aromatic carbocycles. The van der Waals surface area contributed by atoms with Crippen LogP contribution in [0.2, 0.25) is 0 Å². The van der Waals surface area contributed by atoms with Crippen molar-refractivity contribution < 1.29 is 17.9 Å². The van der Waals surface area contributed by atoms with Gasteiger partial charge in [-0.05, 0) is 12.8 Å². The molecule has 7 nitrogen and oxygen atoms in total. The van der Waals surface area contributed by atoms with E-state index in [0.29, 0.717) is 12.8 Å². The second kappa shape index (κ2) is 5.82. The van der Waals surface area contributed by atoms with Crippen LogP contribution in [0.5, 0.6) is 0 Å². The van der Waals surface area contributed by atoms with Crippen molar-refractivity contribution in [1.82, 2.24) is 9.78 Å². The van der Waals surface area contributed by atoms with Crippen molar-refractivity contribution >= 4 is 21.8 Å². The summed E-state index contributed by atoms with van der Waals surface area (Å²) >= 11 is 0. The largest absolute Gasteiger partial charge is 0.464 e. The molecule has 20 heavy (non-hydrogen) atoms. The van der Waals surface area contributed by atoms with Gasteiger partial charge in [-0.25, -0.2) is 13.2 Å². The highest BCUT2D eigenvalue weighted by Crippen LogP contribution is 2.25.